The zero-order valence-electron chi connectivity index (χ0n) is 13.4. The van der Waals surface area contributed by atoms with E-state index in [4.69, 9.17) is 9.47 Å². The van der Waals surface area contributed by atoms with E-state index in [0.29, 0.717) is 17.9 Å². The van der Waals surface area contributed by atoms with Crippen LogP contribution in [0.3, 0.4) is 0 Å². The highest BCUT2D eigenvalue weighted by Gasteiger charge is 2.35. The van der Waals surface area contributed by atoms with Crippen LogP contribution in [0.5, 0.6) is 5.75 Å². The van der Waals surface area contributed by atoms with E-state index < -0.39 is 6.04 Å². The minimum Gasteiger partial charge on any atom is -0.497 e. The van der Waals surface area contributed by atoms with Gasteiger partial charge in [-0.15, -0.1) is 0 Å². The van der Waals surface area contributed by atoms with Crippen molar-refractivity contribution < 1.29 is 19.1 Å². The normalized spacial score (nSPS) is 15.1. The molecular weight excluding hydrogens is 284 g/mol. The molecule has 1 amide bonds. The number of methoxy groups -OCH3 is 1. The highest BCUT2D eigenvalue weighted by atomic mass is 16.5. The Morgan fingerprint density at radius 2 is 2.14 bits per heavy atom. The summed E-state index contributed by atoms with van der Waals surface area (Å²) in [6, 6.07) is 4.75. The zero-order valence-corrected chi connectivity index (χ0v) is 13.4. The number of amides is 1. The lowest BCUT2D eigenvalue weighted by atomic mass is 10.1. The van der Waals surface area contributed by atoms with Crippen molar-refractivity contribution in [1.82, 2.24) is 0 Å². The average Bonchev–Trinajstić information content (AvgIpc) is 2.49. The van der Waals surface area contributed by atoms with Crippen LogP contribution in [0, 0.1) is 0 Å². The molecule has 1 aliphatic rings. The SMILES string of the molecule is CCC(C(=O)OC(C)C)N1C(=O)CNc2cc(OC)ccc21. The van der Waals surface area contributed by atoms with Gasteiger partial charge in [0.2, 0.25) is 5.91 Å². The van der Waals surface area contributed by atoms with Crippen LogP contribution in [0.2, 0.25) is 0 Å². The molecule has 0 saturated carbocycles. The van der Waals surface area contributed by atoms with Crippen molar-refractivity contribution in [1.29, 1.82) is 0 Å². The minimum absolute atomic E-state index is 0.144. The maximum Gasteiger partial charge on any atom is 0.329 e. The number of rotatable bonds is 5. The molecule has 1 atom stereocenters. The van der Waals surface area contributed by atoms with Gasteiger partial charge in [-0.05, 0) is 32.4 Å². The summed E-state index contributed by atoms with van der Waals surface area (Å²) < 4.78 is 10.5. The second-order valence-corrected chi connectivity index (χ2v) is 5.41. The Kier molecular flexibility index (Phi) is 4.90. The second-order valence-electron chi connectivity index (χ2n) is 5.41. The number of nitrogens with zero attached hydrogens (tertiary/aromatic N) is 1. The van der Waals surface area contributed by atoms with Crippen LogP contribution in [-0.4, -0.2) is 37.7 Å². The number of nitrogens with one attached hydrogen (secondary N) is 1. The molecule has 22 heavy (non-hydrogen) atoms. The first-order valence-electron chi connectivity index (χ1n) is 7.42. The van der Waals surface area contributed by atoms with E-state index in [1.165, 1.54) is 4.90 Å². The Bertz CT molecular complexity index is 571. The van der Waals surface area contributed by atoms with Gasteiger partial charge in [0.15, 0.2) is 0 Å². The molecule has 1 aliphatic heterocycles. The first-order valence-corrected chi connectivity index (χ1v) is 7.42. The number of fused-ring (bicyclic) bond motifs is 1. The summed E-state index contributed by atoms with van der Waals surface area (Å²) in [6.07, 6.45) is 0.276. The molecule has 0 radical (unpaired) electrons. The number of hydrogen-bond donors (Lipinski definition) is 1. The van der Waals surface area contributed by atoms with E-state index in [1.54, 1.807) is 33.1 Å². The third-order valence-corrected chi connectivity index (χ3v) is 3.48. The average molecular weight is 306 g/mol. The predicted molar refractivity (Wildman–Crippen MR) is 84.3 cm³/mol. The van der Waals surface area contributed by atoms with Crippen molar-refractivity contribution in [2.45, 2.75) is 39.3 Å². The molecule has 1 aromatic rings. The van der Waals surface area contributed by atoms with Gasteiger partial charge in [0.05, 0.1) is 31.1 Å². The van der Waals surface area contributed by atoms with E-state index in [9.17, 15) is 9.59 Å². The van der Waals surface area contributed by atoms with Gasteiger partial charge in [-0.1, -0.05) is 6.92 Å². The van der Waals surface area contributed by atoms with Crippen molar-refractivity contribution in [2.24, 2.45) is 0 Å². The Hall–Kier alpha value is -2.24. The summed E-state index contributed by atoms with van der Waals surface area (Å²) in [4.78, 5) is 26.2. The maximum atomic E-state index is 12.3. The first-order chi connectivity index (χ1) is 10.5. The molecule has 1 heterocycles. The second kappa shape index (κ2) is 6.68. The predicted octanol–water partition coefficient (Wildman–Crippen LogP) is 2.18. The van der Waals surface area contributed by atoms with Crippen LogP contribution in [-0.2, 0) is 14.3 Å². The summed E-state index contributed by atoms with van der Waals surface area (Å²) in [5.41, 5.74) is 1.44. The summed E-state index contributed by atoms with van der Waals surface area (Å²) in [5, 5.41) is 3.05. The third kappa shape index (κ3) is 3.16. The van der Waals surface area contributed by atoms with Crippen molar-refractivity contribution >= 4 is 23.3 Å². The molecule has 120 valence electrons. The molecule has 0 spiro atoms. The quantitative estimate of drug-likeness (QED) is 0.845. The highest BCUT2D eigenvalue weighted by Crippen LogP contribution is 2.35. The Balaban J connectivity index is 2.37. The monoisotopic (exact) mass is 306 g/mol. The molecule has 6 nitrogen and oxygen atoms in total. The maximum absolute atomic E-state index is 12.3. The molecule has 1 aromatic carbocycles. The lowest BCUT2D eigenvalue weighted by Gasteiger charge is -2.35. The molecule has 0 saturated heterocycles. The summed E-state index contributed by atoms with van der Waals surface area (Å²) >= 11 is 0. The molecular formula is C16H22N2O4. The molecule has 0 fully saturated rings. The molecule has 1 unspecified atom stereocenters. The van der Waals surface area contributed by atoms with Gasteiger partial charge in [-0.25, -0.2) is 4.79 Å². The van der Waals surface area contributed by atoms with Gasteiger partial charge < -0.3 is 14.8 Å². The fraction of sp³-hybridized carbons (Fsp3) is 0.500. The topological polar surface area (TPSA) is 67.9 Å². The van der Waals surface area contributed by atoms with Gasteiger partial charge in [0, 0.05) is 6.07 Å². The lowest BCUT2D eigenvalue weighted by Crippen LogP contribution is -2.50. The van der Waals surface area contributed by atoms with E-state index in [-0.39, 0.29) is 24.5 Å². The third-order valence-electron chi connectivity index (χ3n) is 3.48. The summed E-state index contributed by atoms with van der Waals surface area (Å²) in [6.45, 7) is 5.60. The Morgan fingerprint density at radius 1 is 1.41 bits per heavy atom. The Labute approximate surface area is 130 Å². The highest BCUT2D eigenvalue weighted by molar-refractivity contribution is 6.06. The number of anilines is 2. The van der Waals surface area contributed by atoms with Crippen LogP contribution in [0.25, 0.3) is 0 Å². The fourth-order valence-corrected chi connectivity index (χ4v) is 2.49. The smallest absolute Gasteiger partial charge is 0.329 e. The van der Waals surface area contributed by atoms with Gasteiger partial charge in [0.1, 0.15) is 11.8 Å². The van der Waals surface area contributed by atoms with Crippen molar-refractivity contribution in [3.8, 4) is 5.75 Å². The van der Waals surface area contributed by atoms with Gasteiger partial charge >= 0.3 is 5.97 Å². The summed E-state index contributed by atoms with van der Waals surface area (Å²) in [5.74, 6) is 0.165. The van der Waals surface area contributed by atoms with Crippen LogP contribution in [0.4, 0.5) is 11.4 Å². The van der Waals surface area contributed by atoms with E-state index in [1.807, 2.05) is 13.0 Å². The van der Waals surface area contributed by atoms with Crippen LogP contribution < -0.4 is 15.0 Å². The van der Waals surface area contributed by atoms with Gasteiger partial charge in [-0.2, -0.15) is 0 Å². The Morgan fingerprint density at radius 3 is 2.73 bits per heavy atom. The molecule has 2 rings (SSSR count). The largest absolute Gasteiger partial charge is 0.497 e. The van der Waals surface area contributed by atoms with Crippen LogP contribution in [0.1, 0.15) is 27.2 Å². The molecule has 0 aromatic heterocycles. The first kappa shape index (κ1) is 16.1. The van der Waals surface area contributed by atoms with E-state index in [2.05, 4.69) is 5.32 Å². The molecule has 0 aliphatic carbocycles. The standard InChI is InChI=1S/C16H22N2O4/c1-5-13(16(20)22-10(2)3)18-14-7-6-11(21-4)8-12(14)17-9-15(18)19/h6-8,10,13,17H,5,9H2,1-4H3. The number of carbonyl (C=O) groups excluding carboxylic acids is 2. The lowest BCUT2D eigenvalue weighted by molar-refractivity contribution is -0.150. The summed E-state index contributed by atoms with van der Waals surface area (Å²) in [7, 11) is 1.59. The van der Waals surface area contributed by atoms with Gasteiger partial charge in [-0.3, -0.25) is 9.69 Å². The van der Waals surface area contributed by atoms with E-state index >= 15 is 0 Å². The molecule has 0 bridgehead atoms. The number of carbonyl (C=O) groups is 2. The van der Waals surface area contributed by atoms with Crippen molar-refractivity contribution in [2.75, 3.05) is 23.9 Å². The van der Waals surface area contributed by atoms with Crippen molar-refractivity contribution in [3.63, 3.8) is 0 Å². The zero-order chi connectivity index (χ0) is 16.3. The van der Waals surface area contributed by atoms with E-state index in [0.717, 1.165) is 5.69 Å². The number of ether oxygens (including phenoxy) is 2. The van der Waals surface area contributed by atoms with Gasteiger partial charge in [0.25, 0.3) is 0 Å². The fourth-order valence-electron chi connectivity index (χ4n) is 2.49. The minimum atomic E-state index is -0.621. The molecule has 1 N–H and O–H groups in total. The number of hydrogen-bond acceptors (Lipinski definition) is 5. The number of esters is 1. The van der Waals surface area contributed by atoms with Crippen LogP contribution in [0.15, 0.2) is 18.2 Å². The molecule has 6 heteroatoms. The number of benzene rings is 1. The van der Waals surface area contributed by atoms with Crippen molar-refractivity contribution in [3.05, 3.63) is 18.2 Å². The van der Waals surface area contributed by atoms with Crippen LogP contribution >= 0.6 is 0 Å².